The number of amides is 1. The molecule has 0 fully saturated rings. The number of anilines is 1. The van der Waals surface area contributed by atoms with Crippen molar-refractivity contribution < 1.29 is 4.79 Å². The van der Waals surface area contributed by atoms with Gasteiger partial charge in [0.25, 0.3) is 5.91 Å². The Morgan fingerprint density at radius 2 is 1.92 bits per heavy atom. The van der Waals surface area contributed by atoms with E-state index in [0.717, 1.165) is 16.5 Å². The van der Waals surface area contributed by atoms with Crippen molar-refractivity contribution in [1.29, 1.82) is 0 Å². The maximum Gasteiger partial charge on any atom is 0.257 e. The van der Waals surface area contributed by atoms with Crippen LogP contribution in [0.5, 0.6) is 0 Å². The second-order valence-electron chi connectivity index (χ2n) is 6.79. The van der Waals surface area contributed by atoms with Crippen molar-refractivity contribution in [2.45, 2.75) is 20.8 Å². The Morgan fingerprint density at radius 3 is 2.64 bits per heavy atom. The van der Waals surface area contributed by atoms with Gasteiger partial charge in [-0.3, -0.25) is 9.78 Å². The number of fused-ring (bicyclic) bond motifs is 1. The molecule has 0 atom stereocenters. The van der Waals surface area contributed by atoms with Crippen LogP contribution >= 0.6 is 0 Å². The fourth-order valence-electron chi connectivity index (χ4n) is 2.28. The standard InChI is InChI=1S/C21H19N3O/c1-21(2,3)11-9-17-8-7-16(14-23-17)20(25)24-19-6-4-5-15-13-22-12-10-18(15)19/h4-8,10,12-14H,1-3H3,(H,24,25). The smallest absolute Gasteiger partial charge is 0.257 e. The van der Waals surface area contributed by atoms with E-state index in [1.54, 1.807) is 30.7 Å². The quantitative estimate of drug-likeness (QED) is 0.714. The summed E-state index contributed by atoms with van der Waals surface area (Å²) in [6.45, 7) is 6.13. The summed E-state index contributed by atoms with van der Waals surface area (Å²) in [4.78, 5) is 20.8. The summed E-state index contributed by atoms with van der Waals surface area (Å²) in [5.74, 6) is 5.95. The molecule has 3 aromatic rings. The fourth-order valence-corrected chi connectivity index (χ4v) is 2.28. The summed E-state index contributed by atoms with van der Waals surface area (Å²) in [5, 5.41) is 4.86. The van der Waals surface area contributed by atoms with Crippen molar-refractivity contribution in [2.75, 3.05) is 5.32 Å². The number of rotatable bonds is 2. The Kier molecular flexibility index (Phi) is 4.49. The Morgan fingerprint density at radius 1 is 1.08 bits per heavy atom. The molecule has 2 heterocycles. The van der Waals surface area contributed by atoms with Gasteiger partial charge in [0.15, 0.2) is 0 Å². The molecular weight excluding hydrogens is 310 g/mol. The van der Waals surface area contributed by atoms with Crippen molar-refractivity contribution in [2.24, 2.45) is 5.41 Å². The van der Waals surface area contributed by atoms with E-state index in [9.17, 15) is 4.79 Å². The highest BCUT2D eigenvalue weighted by Crippen LogP contribution is 2.22. The van der Waals surface area contributed by atoms with Gasteiger partial charge in [-0.25, -0.2) is 4.98 Å². The van der Waals surface area contributed by atoms with E-state index in [4.69, 9.17) is 0 Å². The lowest BCUT2D eigenvalue weighted by Crippen LogP contribution is -2.12. The van der Waals surface area contributed by atoms with E-state index in [2.05, 4.69) is 27.1 Å². The van der Waals surface area contributed by atoms with Crippen molar-refractivity contribution >= 4 is 22.4 Å². The molecule has 0 radical (unpaired) electrons. The van der Waals surface area contributed by atoms with E-state index < -0.39 is 0 Å². The number of carbonyl (C=O) groups is 1. The summed E-state index contributed by atoms with van der Waals surface area (Å²) < 4.78 is 0. The summed E-state index contributed by atoms with van der Waals surface area (Å²) in [6.07, 6.45) is 5.03. The molecular formula is C21H19N3O. The number of benzene rings is 1. The first-order chi connectivity index (χ1) is 11.9. The summed E-state index contributed by atoms with van der Waals surface area (Å²) >= 11 is 0. The largest absolute Gasteiger partial charge is 0.321 e. The number of nitrogens with one attached hydrogen (secondary N) is 1. The van der Waals surface area contributed by atoms with Crippen LogP contribution in [0, 0.1) is 17.3 Å². The predicted octanol–water partition coefficient (Wildman–Crippen LogP) is 4.28. The minimum absolute atomic E-state index is 0.0824. The van der Waals surface area contributed by atoms with Gasteiger partial charge in [0.1, 0.15) is 5.69 Å². The van der Waals surface area contributed by atoms with E-state index in [0.29, 0.717) is 11.3 Å². The van der Waals surface area contributed by atoms with Crippen LogP contribution in [0.4, 0.5) is 5.69 Å². The molecule has 1 aromatic carbocycles. The average Bonchev–Trinajstić information content (AvgIpc) is 2.60. The normalized spacial score (nSPS) is 10.8. The number of hydrogen-bond acceptors (Lipinski definition) is 3. The molecule has 0 aliphatic carbocycles. The van der Waals surface area contributed by atoms with Gasteiger partial charge in [-0.05, 0) is 51.0 Å². The van der Waals surface area contributed by atoms with E-state index in [1.807, 2.05) is 45.0 Å². The first kappa shape index (κ1) is 16.7. The number of carbonyl (C=O) groups excluding carboxylic acids is 1. The Labute approximate surface area is 147 Å². The van der Waals surface area contributed by atoms with Crippen LogP contribution in [0.15, 0.2) is 55.0 Å². The zero-order valence-corrected chi connectivity index (χ0v) is 14.5. The maximum atomic E-state index is 12.5. The monoisotopic (exact) mass is 329 g/mol. The van der Waals surface area contributed by atoms with Gasteiger partial charge in [-0.2, -0.15) is 0 Å². The van der Waals surface area contributed by atoms with Crippen LogP contribution in [-0.4, -0.2) is 15.9 Å². The van der Waals surface area contributed by atoms with E-state index in [-0.39, 0.29) is 11.3 Å². The van der Waals surface area contributed by atoms with Crippen LogP contribution < -0.4 is 5.32 Å². The van der Waals surface area contributed by atoms with Gasteiger partial charge in [-0.1, -0.05) is 18.1 Å². The fraction of sp³-hybridized carbons (Fsp3) is 0.190. The van der Waals surface area contributed by atoms with Gasteiger partial charge in [0.05, 0.1) is 5.56 Å². The summed E-state index contributed by atoms with van der Waals surface area (Å²) in [6, 6.07) is 11.1. The Balaban J connectivity index is 1.80. The van der Waals surface area contributed by atoms with Crippen LogP contribution in [0.1, 0.15) is 36.8 Å². The minimum atomic E-state index is -0.202. The van der Waals surface area contributed by atoms with Gasteiger partial charge < -0.3 is 5.32 Å². The van der Waals surface area contributed by atoms with Crippen molar-refractivity contribution in [3.8, 4) is 11.8 Å². The molecule has 0 aliphatic heterocycles. The molecule has 0 bridgehead atoms. The molecule has 4 nitrogen and oxygen atoms in total. The zero-order valence-electron chi connectivity index (χ0n) is 14.5. The number of aromatic nitrogens is 2. The summed E-state index contributed by atoms with van der Waals surface area (Å²) in [7, 11) is 0. The molecule has 0 unspecified atom stereocenters. The van der Waals surface area contributed by atoms with Gasteiger partial charge in [0.2, 0.25) is 0 Å². The lowest BCUT2D eigenvalue weighted by atomic mass is 9.98. The second kappa shape index (κ2) is 6.74. The Bertz CT molecular complexity index is 968. The lowest BCUT2D eigenvalue weighted by molar-refractivity contribution is 0.102. The van der Waals surface area contributed by atoms with Gasteiger partial charge in [0, 0.05) is 40.5 Å². The van der Waals surface area contributed by atoms with Crippen molar-refractivity contribution in [1.82, 2.24) is 9.97 Å². The molecule has 1 N–H and O–H groups in total. The lowest BCUT2D eigenvalue weighted by Gasteiger charge is -2.08. The molecule has 0 saturated carbocycles. The third kappa shape index (κ3) is 4.21. The molecule has 25 heavy (non-hydrogen) atoms. The molecule has 0 aliphatic rings. The first-order valence-electron chi connectivity index (χ1n) is 8.06. The molecule has 124 valence electrons. The van der Waals surface area contributed by atoms with Crippen LogP contribution in [0.2, 0.25) is 0 Å². The highest BCUT2D eigenvalue weighted by atomic mass is 16.1. The zero-order chi connectivity index (χ0) is 17.9. The van der Waals surface area contributed by atoms with Crippen LogP contribution in [-0.2, 0) is 0 Å². The number of pyridine rings is 2. The highest BCUT2D eigenvalue weighted by Gasteiger charge is 2.09. The minimum Gasteiger partial charge on any atom is -0.321 e. The number of hydrogen-bond donors (Lipinski definition) is 1. The highest BCUT2D eigenvalue weighted by molar-refractivity contribution is 6.08. The molecule has 0 saturated heterocycles. The van der Waals surface area contributed by atoms with Crippen LogP contribution in [0.25, 0.3) is 10.8 Å². The molecule has 2 aromatic heterocycles. The molecule has 3 rings (SSSR count). The maximum absolute atomic E-state index is 12.5. The first-order valence-corrected chi connectivity index (χ1v) is 8.06. The van der Waals surface area contributed by atoms with Gasteiger partial charge >= 0.3 is 0 Å². The van der Waals surface area contributed by atoms with Crippen LogP contribution in [0.3, 0.4) is 0 Å². The average molecular weight is 329 g/mol. The second-order valence-corrected chi connectivity index (χ2v) is 6.79. The van der Waals surface area contributed by atoms with Crippen molar-refractivity contribution in [3.05, 3.63) is 66.2 Å². The number of nitrogens with zero attached hydrogens (tertiary/aromatic N) is 2. The molecule has 1 amide bonds. The van der Waals surface area contributed by atoms with Gasteiger partial charge in [-0.15, -0.1) is 0 Å². The molecule has 4 heteroatoms. The molecule has 0 spiro atoms. The Hall–Kier alpha value is -3.19. The van der Waals surface area contributed by atoms with E-state index in [1.165, 1.54) is 0 Å². The third-order valence-electron chi connectivity index (χ3n) is 3.52. The van der Waals surface area contributed by atoms with E-state index >= 15 is 0 Å². The topological polar surface area (TPSA) is 54.9 Å². The summed E-state index contributed by atoms with van der Waals surface area (Å²) in [5.41, 5.74) is 1.82. The SMILES string of the molecule is CC(C)(C)C#Cc1ccc(C(=O)Nc2cccc3cnccc23)cn1. The third-order valence-corrected chi connectivity index (χ3v) is 3.52. The van der Waals surface area contributed by atoms with Crippen molar-refractivity contribution in [3.63, 3.8) is 0 Å². The predicted molar refractivity (Wildman–Crippen MR) is 100 cm³/mol.